The lowest BCUT2D eigenvalue weighted by Gasteiger charge is -2.16. The van der Waals surface area contributed by atoms with E-state index in [9.17, 15) is 9.59 Å². The molecule has 0 saturated heterocycles. The molecule has 0 fully saturated rings. The number of thiazole rings is 1. The molecule has 5 nitrogen and oxygen atoms in total. The van der Waals surface area contributed by atoms with Crippen molar-refractivity contribution < 1.29 is 9.53 Å². The molecule has 3 rings (SSSR count). The Bertz CT molecular complexity index is 902. The molecule has 0 spiro atoms. The van der Waals surface area contributed by atoms with Gasteiger partial charge in [0, 0.05) is 17.3 Å². The Morgan fingerprint density at radius 2 is 2.00 bits per heavy atom. The predicted octanol–water partition coefficient (Wildman–Crippen LogP) is 3.39. The van der Waals surface area contributed by atoms with Gasteiger partial charge in [-0.1, -0.05) is 30.3 Å². The first-order valence-electron chi connectivity index (χ1n) is 7.42. The molecule has 0 amide bonds. The molecule has 2 heterocycles. The van der Waals surface area contributed by atoms with Gasteiger partial charge in [0.2, 0.25) is 0 Å². The SMILES string of the molecule is Cc1cc(C)c(C(=O)O[C@H](c2ccccc2)c2nccs2)c(=O)[nH]1. The molecule has 6 heteroatoms. The summed E-state index contributed by atoms with van der Waals surface area (Å²) in [5.41, 5.74) is 1.68. The highest BCUT2D eigenvalue weighted by Crippen LogP contribution is 2.28. The summed E-state index contributed by atoms with van der Waals surface area (Å²) < 4.78 is 5.66. The molecular formula is C18H16N2O3S. The maximum absolute atomic E-state index is 12.6. The van der Waals surface area contributed by atoms with Gasteiger partial charge in [0.15, 0.2) is 6.10 Å². The van der Waals surface area contributed by atoms with Gasteiger partial charge in [-0.15, -0.1) is 11.3 Å². The third-order valence-corrected chi connectivity index (χ3v) is 4.39. The molecule has 24 heavy (non-hydrogen) atoms. The van der Waals surface area contributed by atoms with Gasteiger partial charge in [0.25, 0.3) is 5.56 Å². The molecular weight excluding hydrogens is 324 g/mol. The van der Waals surface area contributed by atoms with Crippen molar-refractivity contribution in [3.05, 3.63) is 85.7 Å². The summed E-state index contributed by atoms with van der Waals surface area (Å²) >= 11 is 1.40. The summed E-state index contributed by atoms with van der Waals surface area (Å²) in [4.78, 5) is 31.6. The minimum absolute atomic E-state index is 0.0260. The van der Waals surface area contributed by atoms with Gasteiger partial charge in [0.1, 0.15) is 10.6 Å². The fourth-order valence-electron chi connectivity index (χ4n) is 2.53. The van der Waals surface area contributed by atoms with Crippen LogP contribution in [0.5, 0.6) is 0 Å². The van der Waals surface area contributed by atoms with Crippen LogP contribution in [0, 0.1) is 13.8 Å². The normalized spacial score (nSPS) is 11.9. The van der Waals surface area contributed by atoms with E-state index in [1.165, 1.54) is 11.3 Å². The number of esters is 1. The fraction of sp³-hybridized carbons (Fsp3) is 0.167. The second kappa shape index (κ2) is 6.80. The molecule has 0 aliphatic carbocycles. The highest BCUT2D eigenvalue weighted by atomic mass is 32.1. The first kappa shape index (κ1) is 16.1. The third-order valence-electron chi connectivity index (χ3n) is 3.57. The zero-order chi connectivity index (χ0) is 17.1. The van der Waals surface area contributed by atoms with Gasteiger partial charge in [-0.25, -0.2) is 9.78 Å². The minimum atomic E-state index is -0.655. The molecule has 2 aromatic heterocycles. The number of benzene rings is 1. The van der Waals surface area contributed by atoms with E-state index in [0.29, 0.717) is 16.3 Å². The highest BCUT2D eigenvalue weighted by molar-refractivity contribution is 7.09. The smallest absolute Gasteiger partial charge is 0.345 e. The summed E-state index contributed by atoms with van der Waals surface area (Å²) in [6.45, 7) is 3.49. The van der Waals surface area contributed by atoms with Crippen molar-refractivity contribution in [2.75, 3.05) is 0 Å². The van der Waals surface area contributed by atoms with Crippen LogP contribution in [-0.2, 0) is 4.74 Å². The zero-order valence-electron chi connectivity index (χ0n) is 13.3. The molecule has 0 aliphatic rings. The Labute approximate surface area is 143 Å². The number of carbonyl (C=O) groups is 1. The molecule has 1 N–H and O–H groups in total. The van der Waals surface area contributed by atoms with Crippen LogP contribution in [0.4, 0.5) is 0 Å². The summed E-state index contributed by atoms with van der Waals surface area (Å²) in [6.07, 6.45) is 1.02. The molecule has 0 aliphatic heterocycles. The average molecular weight is 340 g/mol. The second-order valence-electron chi connectivity index (χ2n) is 5.41. The first-order chi connectivity index (χ1) is 11.6. The predicted molar refractivity (Wildman–Crippen MR) is 92.4 cm³/mol. The largest absolute Gasteiger partial charge is 0.446 e. The van der Waals surface area contributed by atoms with Gasteiger partial charge >= 0.3 is 5.97 Å². The first-order valence-corrected chi connectivity index (χ1v) is 8.30. The van der Waals surface area contributed by atoms with E-state index in [-0.39, 0.29) is 5.56 Å². The van der Waals surface area contributed by atoms with E-state index in [1.54, 1.807) is 26.1 Å². The number of rotatable bonds is 4. The van der Waals surface area contributed by atoms with Crippen molar-refractivity contribution in [1.82, 2.24) is 9.97 Å². The lowest BCUT2D eigenvalue weighted by molar-refractivity contribution is 0.0374. The topological polar surface area (TPSA) is 72.0 Å². The lowest BCUT2D eigenvalue weighted by Crippen LogP contribution is -2.24. The van der Waals surface area contributed by atoms with Crippen LogP contribution in [0.1, 0.15) is 38.3 Å². The number of aryl methyl sites for hydroxylation is 2. The number of hydrogen-bond donors (Lipinski definition) is 1. The summed E-state index contributed by atoms with van der Waals surface area (Å²) in [7, 11) is 0. The Morgan fingerprint density at radius 3 is 2.62 bits per heavy atom. The van der Waals surface area contributed by atoms with Gasteiger partial charge in [0.05, 0.1) is 0 Å². The Hall–Kier alpha value is -2.73. The van der Waals surface area contributed by atoms with E-state index in [1.807, 2.05) is 35.7 Å². The van der Waals surface area contributed by atoms with Gasteiger partial charge in [-0.3, -0.25) is 4.79 Å². The number of nitrogens with zero attached hydrogens (tertiary/aromatic N) is 1. The monoisotopic (exact) mass is 340 g/mol. The summed E-state index contributed by atoms with van der Waals surface area (Å²) in [5, 5.41) is 2.49. The second-order valence-corrected chi connectivity index (χ2v) is 6.33. The van der Waals surface area contributed by atoms with Crippen LogP contribution in [0.2, 0.25) is 0 Å². The van der Waals surface area contributed by atoms with Crippen LogP contribution < -0.4 is 5.56 Å². The number of nitrogens with one attached hydrogen (secondary N) is 1. The summed E-state index contributed by atoms with van der Waals surface area (Å²) in [5.74, 6) is -0.655. The molecule has 0 bridgehead atoms. The number of aromatic nitrogens is 2. The van der Waals surface area contributed by atoms with Gasteiger partial charge in [-0.05, 0) is 31.0 Å². The number of pyridine rings is 1. The molecule has 0 radical (unpaired) electrons. The number of carbonyl (C=O) groups excluding carboxylic acids is 1. The lowest BCUT2D eigenvalue weighted by atomic mass is 10.1. The number of H-pyrrole nitrogens is 1. The van der Waals surface area contributed by atoms with Crippen LogP contribution in [0.25, 0.3) is 0 Å². The number of ether oxygens (including phenoxy) is 1. The molecule has 1 atom stereocenters. The summed E-state index contributed by atoms with van der Waals surface area (Å²) in [6, 6.07) is 11.1. The Kier molecular flexibility index (Phi) is 4.57. The van der Waals surface area contributed by atoms with Gasteiger partial charge in [-0.2, -0.15) is 0 Å². The van der Waals surface area contributed by atoms with Crippen LogP contribution in [0.15, 0.2) is 52.8 Å². The fourth-order valence-corrected chi connectivity index (χ4v) is 3.22. The van der Waals surface area contributed by atoms with Crippen LogP contribution >= 0.6 is 11.3 Å². The van der Waals surface area contributed by atoms with Crippen molar-refractivity contribution in [2.24, 2.45) is 0 Å². The van der Waals surface area contributed by atoms with Crippen molar-refractivity contribution in [2.45, 2.75) is 20.0 Å². The molecule has 0 saturated carbocycles. The van der Waals surface area contributed by atoms with E-state index in [2.05, 4.69) is 9.97 Å². The number of aromatic amines is 1. The van der Waals surface area contributed by atoms with Crippen molar-refractivity contribution in [3.63, 3.8) is 0 Å². The van der Waals surface area contributed by atoms with Crippen molar-refractivity contribution >= 4 is 17.3 Å². The van der Waals surface area contributed by atoms with Crippen LogP contribution in [0.3, 0.4) is 0 Å². The molecule has 1 aromatic carbocycles. The standard InChI is InChI=1S/C18H16N2O3S/c1-11-10-12(2)20-16(21)14(11)18(22)23-15(17-19-8-9-24-17)13-6-4-3-5-7-13/h3-10,15H,1-2H3,(H,20,21)/t15-/m1/s1. The zero-order valence-corrected chi connectivity index (χ0v) is 14.1. The van der Waals surface area contributed by atoms with E-state index in [4.69, 9.17) is 4.74 Å². The molecule has 0 unspecified atom stereocenters. The maximum Gasteiger partial charge on any atom is 0.345 e. The highest BCUT2D eigenvalue weighted by Gasteiger charge is 2.24. The van der Waals surface area contributed by atoms with Gasteiger partial charge < -0.3 is 9.72 Å². The third kappa shape index (κ3) is 3.28. The average Bonchev–Trinajstić information content (AvgIpc) is 3.06. The van der Waals surface area contributed by atoms with Crippen LogP contribution in [-0.4, -0.2) is 15.9 Å². The van der Waals surface area contributed by atoms with E-state index >= 15 is 0 Å². The number of hydrogen-bond acceptors (Lipinski definition) is 5. The maximum atomic E-state index is 12.6. The Morgan fingerprint density at radius 1 is 1.25 bits per heavy atom. The Balaban J connectivity index is 1.97. The van der Waals surface area contributed by atoms with Crippen molar-refractivity contribution in [1.29, 1.82) is 0 Å². The molecule has 3 aromatic rings. The minimum Gasteiger partial charge on any atom is -0.446 e. The molecule has 122 valence electrons. The van der Waals surface area contributed by atoms with E-state index < -0.39 is 17.6 Å². The van der Waals surface area contributed by atoms with Crippen molar-refractivity contribution in [3.8, 4) is 0 Å². The van der Waals surface area contributed by atoms with E-state index in [0.717, 1.165) is 5.56 Å². The quantitative estimate of drug-likeness (QED) is 0.739.